The lowest BCUT2D eigenvalue weighted by molar-refractivity contribution is 0.0966. The van der Waals surface area contributed by atoms with Crippen molar-refractivity contribution in [2.24, 2.45) is 0 Å². The molecule has 0 atom stereocenters. The standard InChI is InChI=1S/C19H18BrN7O2S/c1-26(2)19-22-13-10-14(16(28)24-25-18-21-9-8-15(23-18)29-3)30-17(13)27(19)12-6-4-11(20)5-7-12/h4-10H,1-3H3,(H,24,28)(H,21,23,25). The van der Waals surface area contributed by atoms with E-state index in [1.165, 1.54) is 24.6 Å². The number of carbonyl (C=O) groups is 1. The molecule has 1 aromatic carbocycles. The van der Waals surface area contributed by atoms with Gasteiger partial charge in [0.25, 0.3) is 5.91 Å². The smallest absolute Gasteiger partial charge is 0.279 e. The number of carbonyl (C=O) groups excluding carboxylic acids is 1. The molecule has 0 saturated heterocycles. The Morgan fingerprint density at radius 1 is 1.20 bits per heavy atom. The number of hydrogen-bond acceptors (Lipinski definition) is 8. The molecule has 3 heterocycles. The third kappa shape index (κ3) is 3.94. The zero-order valence-electron chi connectivity index (χ0n) is 16.4. The molecule has 4 rings (SSSR count). The van der Waals surface area contributed by atoms with E-state index in [2.05, 4.69) is 36.7 Å². The molecule has 0 bridgehead atoms. The fourth-order valence-electron chi connectivity index (χ4n) is 2.79. The number of imidazole rings is 1. The number of thiophene rings is 1. The highest BCUT2D eigenvalue weighted by Crippen LogP contribution is 2.33. The topological polar surface area (TPSA) is 97.2 Å². The first-order chi connectivity index (χ1) is 14.5. The summed E-state index contributed by atoms with van der Waals surface area (Å²) in [5.74, 6) is 1.11. The van der Waals surface area contributed by atoms with E-state index < -0.39 is 0 Å². The Bertz CT molecular complexity index is 1200. The Morgan fingerprint density at radius 3 is 2.67 bits per heavy atom. The molecule has 0 aliphatic carbocycles. The Morgan fingerprint density at radius 2 is 1.97 bits per heavy atom. The minimum Gasteiger partial charge on any atom is -0.481 e. The van der Waals surface area contributed by atoms with Crippen LogP contribution in [-0.2, 0) is 0 Å². The third-order valence-corrected chi connectivity index (χ3v) is 5.79. The molecule has 0 fully saturated rings. The number of benzene rings is 1. The summed E-state index contributed by atoms with van der Waals surface area (Å²) >= 11 is 4.82. The van der Waals surface area contributed by atoms with Crippen LogP contribution in [0.2, 0.25) is 0 Å². The van der Waals surface area contributed by atoms with Gasteiger partial charge >= 0.3 is 0 Å². The van der Waals surface area contributed by atoms with Crippen molar-refractivity contribution in [1.29, 1.82) is 0 Å². The summed E-state index contributed by atoms with van der Waals surface area (Å²) in [6.07, 6.45) is 1.54. The van der Waals surface area contributed by atoms with Crippen LogP contribution < -0.4 is 20.5 Å². The largest absolute Gasteiger partial charge is 0.481 e. The van der Waals surface area contributed by atoms with Gasteiger partial charge in [0.1, 0.15) is 10.3 Å². The van der Waals surface area contributed by atoms with Crippen LogP contribution in [0.25, 0.3) is 16.0 Å². The van der Waals surface area contributed by atoms with E-state index in [4.69, 9.17) is 9.72 Å². The normalized spacial score (nSPS) is 10.8. The molecule has 0 radical (unpaired) electrons. The quantitative estimate of drug-likeness (QED) is 0.401. The van der Waals surface area contributed by atoms with Crippen LogP contribution in [0.3, 0.4) is 0 Å². The van der Waals surface area contributed by atoms with Crippen molar-refractivity contribution in [2.45, 2.75) is 0 Å². The number of anilines is 2. The van der Waals surface area contributed by atoms with Crippen LogP contribution in [0.4, 0.5) is 11.9 Å². The SMILES string of the molecule is COc1ccnc(NNC(=O)c2cc3nc(N(C)C)n(-c4ccc(Br)cc4)c3s2)n1. The summed E-state index contributed by atoms with van der Waals surface area (Å²) in [5.41, 5.74) is 7.01. The van der Waals surface area contributed by atoms with E-state index in [0.29, 0.717) is 10.8 Å². The highest BCUT2D eigenvalue weighted by molar-refractivity contribution is 9.10. The lowest BCUT2D eigenvalue weighted by Crippen LogP contribution is -2.29. The van der Waals surface area contributed by atoms with Gasteiger partial charge in [0, 0.05) is 36.5 Å². The summed E-state index contributed by atoms with van der Waals surface area (Å²) in [4.78, 5) is 28.8. The van der Waals surface area contributed by atoms with Gasteiger partial charge in [-0.2, -0.15) is 4.98 Å². The van der Waals surface area contributed by atoms with Gasteiger partial charge in [-0.1, -0.05) is 15.9 Å². The van der Waals surface area contributed by atoms with Crippen LogP contribution in [0.1, 0.15) is 9.67 Å². The number of halogens is 1. The van der Waals surface area contributed by atoms with Gasteiger partial charge in [0.15, 0.2) is 0 Å². The number of nitrogens with zero attached hydrogens (tertiary/aromatic N) is 5. The molecule has 1 amide bonds. The van der Waals surface area contributed by atoms with Crippen molar-refractivity contribution in [2.75, 3.05) is 31.5 Å². The number of hydrogen-bond donors (Lipinski definition) is 2. The molecule has 0 aliphatic rings. The molecule has 0 aliphatic heterocycles. The Kier molecular flexibility index (Phi) is 5.55. The van der Waals surface area contributed by atoms with Gasteiger partial charge in [0.2, 0.25) is 17.8 Å². The number of hydrazine groups is 1. The summed E-state index contributed by atoms with van der Waals surface area (Å²) in [7, 11) is 5.39. The van der Waals surface area contributed by atoms with Crippen LogP contribution >= 0.6 is 27.3 Å². The summed E-state index contributed by atoms with van der Waals surface area (Å²) in [6.45, 7) is 0. The lowest BCUT2D eigenvalue weighted by Gasteiger charge is -2.14. The number of nitrogens with one attached hydrogen (secondary N) is 2. The zero-order valence-corrected chi connectivity index (χ0v) is 18.8. The van der Waals surface area contributed by atoms with E-state index in [-0.39, 0.29) is 11.9 Å². The molecule has 0 saturated carbocycles. The van der Waals surface area contributed by atoms with Crippen LogP contribution in [0.15, 0.2) is 47.1 Å². The predicted molar refractivity (Wildman–Crippen MR) is 121 cm³/mol. The van der Waals surface area contributed by atoms with Gasteiger partial charge in [-0.25, -0.2) is 9.97 Å². The average Bonchev–Trinajstić information content (AvgIpc) is 3.31. The second kappa shape index (κ2) is 8.28. The molecular formula is C19H18BrN7O2S. The van der Waals surface area contributed by atoms with E-state index >= 15 is 0 Å². The van der Waals surface area contributed by atoms with Crippen molar-refractivity contribution >= 4 is 55.4 Å². The highest BCUT2D eigenvalue weighted by Gasteiger charge is 2.20. The first-order valence-electron chi connectivity index (χ1n) is 8.85. The van der Waals surface area contributed by atoms with Crippen molar-refractivity contribution in [1.82, 2.24) is 24.9 Å². The van der Waals surface area contributed by atoms with E-state index in [0.717, 1.165) is 26.5 Å². The Hall–Kier alpha value is -3.18. The van der Waals surface area contributed by atoms with Gasteiger partial charge in [-0.3, -0.25) is 20.2 Å². The van der Waals surface area contributed by atoms with Gasteiger partial charge in [-0.05, 0) is 30.3 Å². The van der Waals surface area contributed by atoms with Crippen molar-refractivity contribution in [3.8, 4) is 11.6 Å². The van der Waals surface area contributed by atoms with Gasteiger partial charge in [0.05, 0.1) is 12.0 Å². The third-order valence-electron chi connectivity index (χ3n) is 4.15. The zero-order chi connectivity index (χ0) is 21.3. The van der Waals surface area contributed by atoms with Crippen molar-refractivity contribution < 1.29 is 9.53 Å². The first kappa shape index (κ1) is 20.1. The fourth-order valence-corrected chi connectivity index (χ4v) is 4.06. The molecular weight excluding hydrogens is 470 g/mol. The fraction of sp³-hybridized carbons (Fsp3) is 0.158. The summed E-state index contributed by atoms with van der Waals surface area (Å²) < 4.78 is 8.07. The number of aromatic nitrogens is 4. The molecule has 4 aromatic rings. The monoisotopic (exact) mass is 487 g/mol. The van der Waals surface area contributed by atoms with Gasteiger partial charge in [-0.15, -0.1) is 11.3 Å². The van der Waals surface area contributed by atoms with E-state index in [1.807, 2.05) is 47.8 Å². The molecule has 11 heteroatoms. The maximum Gasteiger partial charge on any atom is 0.279 e. The predicted octanol–water partition coefficient (Wildman–Crippen LogP) is 3.47. The average molecular weight is 488 g/mol. The molecule has 9 nitrogen and oxygen atoms in total. The maximum absolute atomic E-state index is 12.6. The minimum atomic E-state index is -0.307. The maximum atomic E-state index is 12.6. The van der Waals surface area contributed by atoms with Crippen LogP contribution in [0.5, 0.6) is 5.88 Å². The van der Waals surface area contributed by atoms with Crippen molar-refractivity contribution in [3.05, 3.63) is 51.9 Å². The lowest BCUT2D eigenvalue weighted by atomic mass is 10.3. The van der Waals surface area contributed by atoms with Crippen LogP contribution in [-0.4, -0.2) is 46.6 Å². The summed E-state index contributed by atoms with van der Waals surface area (Å²) in [5, 5.41) is 0. The Labute approximate surface area is 184 Å². The second-order valence-corrected chi connectivity index (χ2v) is 8.37. The molecule has 3 aromatic heterocycles. The molecule has 154 valence electrons. The number of methoxy groups -OCH3 is 1. The second-order valence-electron chi connectivity index (χ2n) is 6.42. The van der Waals surface area contributed by atoms with E-state index in [1.54, 1.807) is 12.1 Å². The Balaban J connectivity index is 1.62. The molecule has 0 unspecified atom stereocenters. The van der Waals surface area contributed by atoms with Crippen LogP contribution in [0, 0.1) is 0 Å². The molecule has 30 heavy (non-hydrogen) atoms. The van der Waals surface area contributed by atoms with Gasteiger partial charge < -0.3 is 9.64 Å². The number of fused-ring (bicyclic) bond motifs is 1. The summed E-state index contributed by atoms with van der Waals surface area (Å²) in [6, 6.07) is 11.3. The number of amides is 1. The number of ether oxygens (including phenoxy) is 1. The number of rotatable bonds is 6. The van der Waals surface area contributed by atoms with E-state index in [9.17, 15) is 4.79 Å². The minimum absolute atomic E-state index is 0.233. The molecule has 2 N–H and O–H groups in total. The highest BCUT2D eigenvalue weighted by atomic mass is 79.9. The molecule has 0 spiro atoms. The first-order valence-corrected chi connectivity index (χ1v) is 10.5. The van der Waals surface area contributed by atoms with Crippen molar-refractivity contribution in [3.63, 3.8) is 0 Å².